The van der Waals surface area contributed by atoms with Gasteiger partial charge in [0.15, 0.2) is 0 Å². The van der Waals surface area contributed by atoms with Crippen LogP contribution in [0.15, 0.2) is 36.4 Å². The zero-order chi connectivity index (χ0) is 27.5. The Morgan fingerprint density at radius 2 is 1.92 bits per heavy atom. The summed E-state index contributed by atoms with van der Waals surface area (Å²) >= 11 is 1.38. The molecule has 2 atom stereocenters. The molecule has 0 unspecified atom stereocenters. The smallest absolute Gasteiger partial charge is 0.348 e. The molecule has 2 fully saturated rings. The largest absolute Gasteiger partial charge is 0.460 e. The van der Waals surface area contributed by atoms with Gasteiger partial charge in [-0.2, -0.15) is 0 Å². The molecule has 4 rings (SSSR count). The number of nitrogens with zero attached hydrogens (tertiary/aromatic N) is 2. The van der Waals surface area contributed by atoms with E-state index in [1.54, 1.807) is 6.07 Å². The summed E-state index contributed by atoms with van der Waals surface area (Å²) in [6, 6.07) is 11.4. The summed E-state index contributed by atoms with van der Waals surface area (Å²) in [5.41, 5.74) is 1.73. The van der Waals surface area contributed by atoms with Crippen molar-refractivity contribution in [3.63, 3.8) is 0 Å². The molecule has 2 aromatic rings. The fourth-order valence-electron chi connectivity index (χ4n) is 5.07. The molecule has 2 aliphatic heterocycles. The predicted molar refractivity (Wildman–Crippen MR) is 152 cm³/mol. The predicted octanol–water partition coefficient (Wildman–Crippen LogP) is 4.95. The lowest BCUT2D eigenvalue weighted by atomic mass is 10.0. The molecule has 0 saturated carbocycles. The molecule has 8 nitrogen and oxygen atoms in total. The Kier molecular flexibility index (Phi) is 11.8. The number of hydrogen-bond acceptors (Lipinski definition) is 8. The Bertz CT molecular complexity index is 1040. The number of anilines is 1. The molecule has 1 aromatic heterocycles. The molecule has 9 heteroatoms. The number of thiophene rings is 1. The van der Waals surface area contributed by atoms with E-state index in [9.17, 15) is 14.7 Å². The molecule has 3 heterocycles. The van der Waals surface area contributed by atoms with Crippen molar-refractivity contribution < 1.29 is 28.9 Å². The fourth-order valence-corrected chi connectivity index (χ4v) is 5.91. The minimum Gasteiger partial charge on any atom is -0.460 e. The number of hydrogen-bond donors (Lipinski definition) is 1. The van der Waals surface area contributed by atoms with Gasteiger partial charge in [0.05, 0.1) is 38.6 Å². The van der Waals surface area contributed by atoms with Gasteiger partial charge in [-0.05, 0) is 42.7 Å². The van der Waals surface area contributed by atoms with Crippen molar-refractivity contribution in [1.29, 1.82) is 0 Å². The first-order valence-electron chi connectivity index (χ1n) is 14.3. The van der Waals surface area contributed by atoms with Crippen LogP contribution in [0.1, 0.15) is 78.1 Å². The molecular formula is C30H42N2O6S. The number of unbranched alkanes of at least 4 members (excludes halogenated alkanes) is 3. The highest BCUT2D eigenvalue weighted by Crippen LogP contribution is 2.29. The van der Waals surface area contributed by atoms with Gasteiger partial charge in [-0.3, -0.25) is 9.69 Å². The molecule has 0 spiro atoms. The first-order valence-corrected chi connectivity index (χ1v) is 15.1. The van der Waals surface area contributed by atoms with Crippen LogP contribution in [0.25, 0.3) is 0 Å². The Hall–Kier alpha value is -2.30. The van der Waals surface area contributed by atoms with Gasteiger partial charge < -0.3 is 24.2 Å². The van der Waals surface area contributed by atoms with E-state index in [4.69, 9.17) is 14.2 Å². The summed E-state index contributed by atoms with van der Waals surface area (Å²) in [5.74, 6) is -0.212. The summed E-state index contributed by atoms with van der Waals surface area (Å²) in [7, 11) is 0. The quantitative estimate of drug-likeness (QED) is 0.244. The van der Waals surface area contributed by atoms with Crippen LogP contribution in [0.5, 0.6) is 0 Å². The van der Waals surface area contributed by atoms with Crippen molar-refractivity contribution >= 4 is 28.9 Å². The first kappa shape index (κ1) is 29.7. The van der Waals surface area contributed by atoms with Crippen molar-refractivity contribution in [2.75, 3.05) is 51.0 Å². The van der Waals surface area contributed by atoms with E-state index in [-0.39, 0.29) is 17.9 Å². The lowest BCUT2D eigenvalue weighted by Crippen LogP contribution is -2.38. The Labute approximate surface area is 235 Å². The summed E-state index contributed by atoms with van der Waals surface area (Å²) in [5, 5.41) is 10.5. The van der Waals surface area contributed by atoms with Gasteiger partial charge >= 0.3 is 5.97 Å². The highest BCUT2D eigenvalue weighted by atomic mass is 32.1. The van der Waals surface area contributed by atoms with Crippen LogP contribution in [0.3, 0.4) is 0 Å². The highest BCUT2D eigenvalue weighted by molar-refractivity contribution is 7.13. The third kappa shape index (κ3) is 8.85. The van der Waals surface area contributed by atoms with E-state index >= 15 is 0 Å². The molecular weight excluding hydrogens is 516 g/mol. The van der Waals surface area contributed by atoms with E-state index in [1.165, 1.54) is 24.2 Å². The van der Waals surface area contributed by atoms with Crippen LogP contribution in [0, 0.1) is 0 Å². The normalized spacial score (nSPS) is 19.0. The topological polar surface area (TPSA) is 88.5 Å². The average Bonchev–Trinajstić information content (AvgIpc) is 3.58. The highest BCUT2D eigenvalue weighted by Gasteiger charge is 2.32. The SMILES string of the molecule is CCCCCC[C@@H](O)c1ccc(N2C(=O)CC[C@@H]2COCc2ccc(C(=O)OCCN3CCOCC3)s2)cc1. The minimum absolute atomic E-state index is 0.0353. The third-order valence-electron chi connectivity index (χ3n) is 7.37. The number of ether oxygens (including phenoxy) is 3. The fraction of sp³-hybridized carbons (Fsp3) is 0.600. The number of carbonyl (C=O) groups is 2. The number of benzene rings is 1. The van der Waals surface area contributed by atoms with Gasteiger partial charge in [0.25, 0.3) is 0 Å². The zero-order valence-electron chi connectivity index (χ0n) is 23.0. The summed E-state index contributed by atoms with van der Waals surface area (Å²) in [6.45, 7) is 7.26. The number of aliphatic hydroxyl groups excluding tert-OH is 1. The summed E-state index contributed by atoms with van der Waals surface area (Å²) in [4.78, 5) is 30.6. The van der Waals surface area contributed by atoms with Crippen LogP contribution in [0.4, 0.5) is 5.69 Å². The lowest BCUT2D eigenvalue weighted by Gasteiger charge is -2.26. The number of esters is 1. The molecule has 1 amide bonds. The lowest BCUT2D eigenvalue weighted by molar-refractivity contribution is -0.117. The van der Waals surface area contributed by atoms with Gasteiger partial charge in [0.1, 0.15) is 11.5 Å². The van der Waals surface area contributed by atoms with Gasteiger partial charge in [-0.1, -0.05) is 44.7 Å². The molecule has 214 valence electrons. The Morgan fingerprint density at radius 1 is 1.13 bits per heavy atom. The maximum atomic E-state index is 12.7. The van der Waals surface area contributed by atoms with E-state index < -0.39 is 6.10 Å². The Balaban J connectivity index is 1.21. The second-order valence-corrected chi connectivity index (χ2v) is 11.5. The second kappa shape index (κ2) is 15.5. The van der Waals surface area contributed by atoms with Crippen molar-refractivity contribution in [2.45, 2.75) is 70.6 Å². The van der Waals surface area contributed by atoms with Crippen LogP contribution in [-0.4, -0.2) is 74.0 Å². The van der Waals surface area contributed by atoms with Crippen LogP contribution in [-0.2, 0) is 25.6 Å². The van der Waals surface area contributed by atoms with Crippen LogP contribution >= 0.6 is 11.3 Å². The van der Waals surface area contributed by atoms with Gasteiger partial charge in [-0.25, -0.2) is 4.79 Å². The molecule has 0 radical (unpaired) electrons. The number of carbonyl (C=O) groups excluding carboxylic acids is 2. The van der Waals surface area contributed by atoms with E-state index in [0.29, 0.717) is 31.1 Å². The standard InChI is InChI=1S/C30H42N2O6S/c1-2-3-4-5-6-27(33)23-7-9-24(10-8-23)32-25(11-14-29(32)34)21-37-22-26-12-13-28(39-26)30(35)38-20-17-31-15-18-36-19-16-31/h7-10,12-13,25,27,33H,2-6,11,14-22H2,1H3/t25-,27-/m1/s1. The summed E-state index contributed by atoms with van der Waals surface area (Å²) in [6.07, 6.45) is 6.06. The molecule has 1 aromatic carbocycles. The first-order chi connectivity index (χ1) is 19.0. The zero-order valence-corrected chi connectivity index (χ0v) is 23.8. The van der Waals surface area contributed by atoms with Crippen molar-refractivity contribution in [1.82, 2.24) is 4.90 Å². The van der Waals surface area contributed by atoms with E-state index in [0.717, 1.165) is 74.7 Å². The minimum atomic E-state index is -0.470. The second-order valence-electron chi connectivity index (χ2n) is 10.3. The van der Waals surface area contributed by atoms with Gasteiger partial charge in [0.2, 0.25) is 5.91 Å². The maximum Gasteiger partial charge on any atom is 0.348 e. The Morgan fingerprint density at radius 3 is 2.69 bits per heavy atom. The van der Waals surface area contributed by atoms with E-state index in [1.807, 2.05) is 35.2 Å². The maximum absolute atomic E-state index is 12.7. The molecule has 0 aliphatic carbocycles. The molecule has 1 N–H and O–H groups in total. The monoisotopic (exact) mass is 558 g/mol. The van der Waals surface area contributed by atoms with Gasteiger partial charge in [-0.15, -0.1) is 11.3 Å². The van der Waals surface area contributed by atoms with Crippen molar-refractivity contribution in [3.05, 3.63) is 51.7 Å². The molecule has 2 aliphatic rings. The van der Waals surface area contributed by atoms with Crippen LogP contribution in [0.2, 0.25) is 0 Å². The van der Waals surface area contributed by atoms with Gasteiger partial charge in [0, 0.05) is 36.6 Å². The number of rotatable bonds is 15. The molecule has 0 bridgehead atoms. The number of aliphatic hydroxyl groups is 1. The average molecular weight is 559 g/mol. The number of morpholine rings is 1. The van der Waals surface area contributed by atoms with Crippen LogP contribution < -0.4 is 4.90 Å². The number of amides is 1. The van der Waals surface area contributed by atoms with E-state index in [2.05, 4.69) is 11.8 Å². The molecule has 39 heavy (non-hydrogen) atoms. The van der Waals surface area contributed by atoms with Crippen molar-refractivity contribution in [3.8, 4) is 0 Å². The third-order valence-corrected chi connectivity index (χ3v) is 8.41. The molecule has 2 saturated heterocycles. The van der Waals surface area contributed by atoms with Crippen molar-refractivity contribution in [2.24, 2.45) is 0 Å². The summed E-state index contributed by atoms with van der Waals surface area (Å²) < 4.78 is 16.8.